The van der Waals surface area contributed by atoms with Gasteiger partial charge in [0.05, 0.1) is 30.6 Å². The monoisotopic (exact) mass is 416 g/mol. The molecule has 6 nitrogen and oxygen atoms in total. The lowest BCUT2D eigenvalue weighted by molar-refractivity contribution is 0.0950. The molecule has 6 heteroatoms. The van der Waals surface area contributed by atoms with E-state index in [2.05, 4.69) is 34.0 Å². The number of carbonyl (C=O) groups excluding carboxylic acids is 1. The molecule has 0 fully saturated rings. The van der Waals surface area contributed by atoms with E-state index in [0.29, 0.717) is 18.7 Å². The molecule has 0 unspecified atom stereocenters. The SMILES string of the molecule is Cc1nn(Cc2ccccc2)c(C)c1CNC(=O)c1cc(C)n(Cc2ccco2)c1C. The fourth-order valence-corrected chi connectivity index (χ4v) is 4.00. The zero-order valence-electron chi connectivity index (χ0n) is 18.5. The second-order valence-electron chi connectivity index (χ2n) is 7.93. The van der Waals surface area contributed by atoms with Crippen LogP contribution >= 0.6 is 0 Å². The van der Waals surface area contributed by atoms with Crippen molar-refractivity contribution in [3.8, 4) is 0 Å². The van der Waals surface area contributed by atoms with E-state index in [9.17, 15) is 4.79 Å². The Kier molecular flexibility index (Phi) is 5.80. The molecule has 0 spiro atoms. The summed E-state index contributed by atoms with van der Waals surface area (Å²) in [5.41, 5.74) is 6.93. The minimum atomic E-state index is -0.0756. The van der Waals surface area contributed by atoms with Crippen LogP contribution < -0.4 is 5.32 Å². The smallest absolute Gasteiger partial charge is 0.253 e. The first-order valence-corrected chi connectivity index (χ1v) is 10.5. The molecule has 0 aliphatic rings. The zero-order chi connectivity index (χ0) is 22.0. The Labute approximate surface area is 182 Å². The Morgan fingerprint density at radius 3 is 2.48 bits per heavy atom. The number of hydrogen-bond acceptors (Lipinski definition) is 3. The van der Waals surface area contributed by atoms with Crippen LogP contribution in [0.5, 0.6) is 0 Å². The molecule has 0 aliphatic heterocycles. The van der Waals surface area contributed by atoms with Gasteiger partial charge >= 0.3 is 0 Å². The number of furan rings is 1. The average molecular weight is 417 g/mol. The molecule has 0 saturated carbocycles. The Balaban J connectivity index is 1.47. The van der Waals surface area contributed by atoms with Crippen molar-refractivity contribution in [1.82, 2.24) is 19.7 Å². The summed E-state index contributed by atoms with van der Waals surface area (Å²) in [4.78, 5) is 13.0. The second-order valence-corrected chi connectivity index (χ2v) is 7.93. The molecule has 0 aliphatic carbocycles. The van der Waals surface area contributed by atoms with E-state index in [0.717, 1.165) is 40.6 Å². The first-order chi connectivity index (χ1) is 14.9. The number of nitrogens with one attached hydrogen (secondary N) is 1. The summed E-state index contributed by atoms with van der Waals surface area (Å²) in [5.74, 6) is 0.791. The van der Waals surface area contributed by atoms with Crippen LogP contribution in [0.15, 0.2) is 59.2 Å². The molecular weight excluding hydrogens is 388 g/mol. The molecule has 0 bridgehead atoms. The normalized spacial score (nSPS) is 11.1. The fourth-order valence-electron chi connectivity index (χ4n) is 4.00. The first kappa shape index (κ1) is 20.7. The number of rotatable bonds is 7. The van der Waals surface area contributed by atoms with E-state index in [1.165, 1.54) is 5.56 Å². The molecule has 0 radical (unpaired) electrons. The maximum atomic E-state index is 13.0. The first-order valence-electron chi connectivity index (χ1n) is 10.5. The highest BCUT2D eigenvalue weighted by Crippen LogP contribution is 2.19. The molecular formula is C25H28N4O2. The van der Waals surface area contributed by atoms with E-state index in [1.54, 1.807) is 6.26 Å². The molecule has 31 heavy (non-hydrogen) atoms. The number of aryl methyl sites for hydroxylation is 2. The molecule has 160 valence electrons. The van der Waals surface area contributed by atoms with Gasteiger partial charge in [-0.15, -0.1) is 0 Å². The quantitative estimate of drug-likeness (QED) is 0.481. The molecule has 4 aromatic rings. The van der Waals surface area contributed by atoms with Crippen molar-refractivity contribution in [3.63, 3.8) is 0 Å². The van der Waals surface area contributed by atoms with Crippen LogP contribution in [-0.4, -0.2) is 20.3 Å². The average Bonchev–Trinajstić information content (AvgIpc) is 3.44. The van der Waals surface area contributed by atoms with Gasteiger partial charge in [-0.3, -0.25) is 9.48 Å². The number of aromatic nitrogens is 3. The van der Waals surface area contributed by atoms with Gasteiger partial charge in [-0.2, -0.15) is 5.10 Å². The maximum Gasteiger partial charge on any atom is 0.253 e. The molecule has 3 heterocycles. The van der Waals surface area contributed by atoms with Crippen molar-refractivity contribution >= 4 is 5.91 Å². The van der Waals surface area contributed by atoms with Crippen molar-refractivity contribution in [2.45, 2.75) is 47.3 Å². The predicted octanol–water partition coefficient (Wildman–Crippen LogP) is 4.54. The van der Waals surface area contributed by atoms with Crippen LogP contribution in [-0.2, 0) is 19.6 Å². The van der Waals surface area contributed by atoms with Crippen molar-refractivity contribution in [1.29, 1.82) is 0 Å². The van der Waals surface area contributed by atoms with Gasteiger partial charge in [-0.05, 0) is 51.5 Å². The number of nitrogens with zero attached hydrogens (tertiary/aromatic N) is 3. The highest BCUT2D eigenvalue weighted by atomic mass is 16.3. The summed E-state index contributed by atoms with van der Waals surface area (Å²) in [6.45, 7) is 9.81. The van der Waals surface area contributed by atoms with E-state index in [1.807, 2.05) is 61.9 Å². The number of amides is 1. The Bertz CT molecular complexity index is 1180. The van der Waals surface area contributed by atoms with E-state index < -0.39 is 0 Å². The summed E-state index contributed by atoms with van der Waals surface area (Å²) in [6, 6.07) is 16.0. The maximum absolute atomic E-state index is 13.0. The van der Waals surface area contributed by atoms with Gasteiger partial charge < -0.3 is 14.3 Å². The van der Waals surface area contributed by atoms with Crippen LogP contribution in [0, 0.1) is 27.7 Å². The molecule has 3 aromatic heterocycles. The van der Waals surface area contributed by atoms with E-state index in [4.69, 9.17) is 4.42 Å². The highest BCUT2D eigenvalue weighted by molar-refractivity contribution is 5.95. The predicted molar refractivity (Wildman–Crippen MR) is 120 cm³/mol. The fraction of sp³-hybridized carbons (Fsp3) is 0.280. The van der Waals surface area contributed by atoms with Crippen molar-refractivity contribution in [3.05, 3.63) is 100 Å². The lowest BCUT2D eigenvalue weighted by atomic mass is 10.1. The Hall–Kier alpha value is -3.54. The van der Waals surface area contributed by atoms with Gasteiger partial charge in [-0.1, -0.05) is 30.3 Å². The third-order valence-electron chi connectivity index (χ3n) is 5.84. The van der Waals surface area contributed by atoms with Gasteiger partial charge in [0.2, 0.25) is 0 Å². The summed E-state index contributed by atoms with van der Waals surface area (Å²) < 4.78 is 9.56. The molecule has 0 atom stereocenters. The summed E-state index contributed by atoms with van der Waals surface area (Å²) in [7, 11) is 0. The topological polar surface area (TPSA) is 65.0 Å². The summed E-state index contributed by atoms with van der Waals surface area (Å²) in [6.07, 6.45) is 1.67. The Morgan fingerprint density at radius 1 is 1.00 bits per heavy atom. The van der Waals surface area contributed by atoms with Gasteiger partial charge in [0.1, 0.15) is 5.76 Å². The highest BCUT2D eigenvalue weighted by Gasteiger charge is 2.18. The van der Waals surface area contributed by atoms with Gasteiger partial charge in [0.25, 0.3) is 5.91 Å². The van der Waals surface area contributed by atoms with Crippen molar-refractivity contribution < 1.29 is 9.21 Å². The largest absolute Gasteiger partial charge is 0.467 e. The van der Waals surface area contributed by atoms with Gasteiger partial charge in [0.15, 0.2) is 0 Å². The Morgan fingerprint density at radius 2 is 1.77 bits per heavy atom. The minimum absolute atomic E-state index is 0.0756. The third kappa shape index (κ3) is 4.33. The van der Waals surface area contributed by atoms with E-state index in [-0.39, 0.29) is 5.91 Å². The molecule has 1 N–H and O–H groups in total. The van der Waals surface area contributed by atoms with Gasteiger partial charge in [-0.25, -0.2) is 0 Å². The third-order valence-corrected chi connectivity index (χ3v) is 5.84. The number of benzene rings is 1. The minimum Gasteiger partial charge on any atom is -0.467 e. The van der Waals surface area contributed by atoms with Gasteiger partial charge in [0, 0.05) is 29.2 Å². The number of hydrogen-bond donors (Lipinski definition) is 1. The van der Waals surface area contributed by atoms with E-state index >= 15 is 0 Å². The summed E-state index contributed by atoms with van der Waals surface area (Å²) >= 11 is 0. The molecule has 0 saturated heterocycles. The number of carbonyl (C=O) groups is 1. The molecule has 4 rings (SSSR count). The van der Waals surface area contributed by atoms with Crippen molar-refractivity contribution in [2.24, 2.45) is 0 Å². The second kappa shape index (κ2) is 8.68. The standard InChI is InChI=1S/C25H28N4O2/c1-17-13-23(19(3)28(17)16-22-11-8-12-31-22)25(30)26-14-24-18(2)27-29(20(24)4)15-21-9-6-5-7-10-21/h5-13H,14-16H2,1-4H3,(H,26,30). The van der Waals surface area contributed by atoms with Crippen LogP contribution in [0.4, 0.5) is 0 Å². The van der Waals surface area contributed by atoms with Crippen LogP contribution in [0.2, 0.25) is 0 Å². The summed E-state index contributed by atoms with van der Waals surface area (Å²) in [5, 5.41) is 7.77. The zero-order valence-corrected chi connectivity index (χ0v) is 18.5. The molecule has 1 aromatic carbocycles. The van der Waals surface area contributed by atoms with Crippen LogP contribution in [0.1, 0.15) is 50.0 Å². The molecule has 1 amide bonds. The van der Waals surface area contributed by atoms with Crippen LogP contribution in [0.3, 0.4) is 0 Å². The van der Waals surface area contributed by atoms with Crippen LogP contribution in [0.25, 0.3) is 0 Å². The van der Waals surface area contributed by atoms with Crippen molar-refractivity contribution in [2.75, 3.05) is 0 Å². The lowest BCUT2D eigenvalue weighted by Crippen LogP contribution is -2.24. The lowest BCUT2D eigenvalue weighted by Gasteiger charge is -2.09.